The number of benzene rings is 1. The van der Waals surface area contributed by atoms with Gasteiger partial charge >= 0.3 is 16.3 Å². The molecule has 0 aromatic heterocycles. The van der Waals surface area contributed by atoms with Gasteiger partial charge in [-0.05, 0) is 18.4 Å². The molecule has 1 aromatic carbocycles. The van der Waals surface area contributed by atoms with Crippen LogP contribution in [-0.2, 0) is 21.5 Å². The molecule has 116 valence electrons. The zero-order chi connectivity index (χ0) is 15.3. The smallest absolute Gasteiger partial charge is 0.422 e. The Morgan fingerprint density at radius 3 is 2.67 bits per heavy atom. The van der Waals surface area contributed by atoms with Crippen molar-refractivity contribution in [2.24, 2.45) is 0 Å². The molecule has 8 heteroatoms. The van der Waals surface area contributed by atoms with Crippen molar-refractivity contribution in [1.82, 2.24) is 9.03 Å². The van der Waals surface area contributed by atoms with Crippen LogP contribution < -0.4 is 4.72 Å². The van der Waals surface area contributed by atoms with Crippen LogP contribution in [0.1, 0.15) is 18.4 Å². The molecular weight excluding hydrogens is 296 g/mol. The molecule has 1 aromatic rings. The molecule has 0 spiro atoms. The van der Waals surface area contributed by atoms with Crippen LogP contribution in [0.4, 0.5) is 4.79 Å². The van der Waals surface area contributed by atoms with Crippen molar-refractivity contribution >= 4 is 16.3 Å². The van der Waals surface area contributed by atoms with Gasteiger partial charge in [0.25, 0.3) is 0 Å². The monoisotopic (exact) mass is 314 g/mol. The molecule has 1 atom stereocenters. The molecule has 1 heterocycles. The van der Waals surface area contributed by atoms with Crippen molar-refractivity contribution in [2.45, 2.75) is 25.5 Å². The highest BCUT2D eigenvalue weighted by Gasteiger charge is 2.28. The summed E-state index contributed by atoms with van der Waals surface area (Å²) in [5.74, 6) is 0. The van der Waals surface area contributed by atoms with Crippen LogP contribution in [0.25, 0.3) is 0 Å². The van der Waals surface area contributed by atoms with E-state index in [9.17, 15) is 13.2 Å². The van der Waals surface area contributed by atoms with Gasteiger partial charge in [-0.2, -0.15) is 17.4 Å². The highest BCUT2D eigenvalue weighted by atomic mass is 32.2. The van der Waals surface area contributed by atoms with Crippen LogP contribution in [0.3, 0.4) is 0 Å². The number of carbonyl (C=O) groups is 1. The lowest BCUT2D eigenvalue weighted by Crippen LogP contribution is -2.45. The largest absolute Gasteiger partial charge is 0.464 e. The number of carboxylic acid groups (broad SMARTS) is 1. The fourth-order valence-electron chi connectivity index (χ4n) is 2.09. The molecule has 2 rings (SSSR count). The fraction of sp³-hybridized carbons (Fsp3) is 0.462. The molecule has 1 unspecified atom stereocenters. The Hall–Kier alpha value is -1.64. The van der Waals surface area contributed by atoms with Gasteiger partial charge in [0, 0.05) is 13.2 Å². The van der Waals surface area contributed by atoms with Gasteiger partial charge in [0.2, 0.25) is 0 Å². The highest BCUT2D eigenvalue weighted by Crippen LogP contribution is 2.13. The van der Waals surface area contributed by atoms with Gasteiger partial charge in [0.1, 0.15) is 0 Å². The van der Waals surface area contributed by atoms with E-state index in [0.29, 0.717) is 16.5 Å². The summed E-state index contributed by atoms with van der Waals surface area (Å²) in [5.41, 5.74) is 0.599. The van der Waals surface area contributed by atoms with E-state index in [1.165, 1.54) is 0 Å². The summed E-state index contributed by atoms with van der Waals surface area (Å²) < 4.78 is 32.2. The maximum absolute atomic E-state index is 12.1. The van der Waals surface area contributed by atoms with Crippen molar-refractivity contribution in [2.75, 3.05) is 13.2 Å². The molecule has 1 aliphatic heterocycles. The van der Waals surface area contributed by atoms with E-state index in [0.717, 1.165) is 12.8 Å². The minimum absolute atomic E-state index is 0.0842. The Morgan fingerprint density at radius 1 is 1.38 bits per heavy atom. The first kappa shape index (κ1) is 15.7. The van der Waals surface area contributed by atoms with Crippen LogP contribution in [0.2, 0.25) is 0 Å². The first-order chi connectivity index (χ1) is 9.99. The predicted molar refractivity (Wildman–Crippen MR) is 75.9 cm³/mol. The van der Waals surface area contributed by atoms with Crippen LogP contribution in [0, 0.1) is 0 Å². The first-order valence-electron chi connectivity index (χ1n) is 6.65. The molecular formula is C13H18N2O5S. The summed E-state index contributed by atoms with van der Waals surface area (Å²) in [4.78, 5) is 11.2. The predicted octanol–water partition coefficient (Wildman–Crippen LogP) is 1.18. The van der Waals surface area contributed by atoms with Crippen LogP contribution in [0.5, 0.6) is 0 Å². The molecule has 0 aliphatic carbocycles. The second-order valence-corrected chi connectivity index (χ2v) is 6.44. The van der Waals surface area contributed by atoms with E-state index < -0.39 is 16.3 Å². The van der Waals surface area contributed by atoms with Gasteiger partial charge in [0.05, 0.1) is 12.6 Å². The van der Waals surface area contributed by atoms with E-state index in [-0.39, 0.29) is 19.2 Å². The Bertz CT molecular complexity index is 569. The Kier molecular flexibility index (Phi) is 5.16. The SMILES string of the molecule is O=C(O)N(Cc1ccccc1)S(=O)(=O)NCC1CCCO1. The zero-order valence-corrected chi connectivity index (χ0v) is 12.3. The van der Waals surface area contributed by atoms with Gasteiger partial charge in [-0.15, -0.1) is 0 Å². The maximum atomic E-state index is 12.1. The van der Waals surface area contributed by atoms with Gasteiger partial charge < -0.3 is 9.84 Å². The second kappa shape index (κ2) is 6.88. The lowest BCUT2D eigenvalue weighted by molar-refractivity contribution is 0.114. The number of hydrogen-bond acceptors (Lipinski definition) is 4. The van der Waals surface area contributed by atoms with E-state index in [1.807, 2.05) is 0 Å². The molecule has 7 nitrogen and oxygen atoms in total. The lowest BCUT2D eigenvalue weighted by Gasteiger charge is -2.20. The average Bonchev–Trinajstić information content (AvgIpc) is 2.97. The van der Waals surface area contributed by atoms with Crippen molar-refractivity contribution < 1.29 is 23.1 Å². The minimum atomic E-state index is -4.10. The molecule has 1 aliphatic rings. The van der Waals surface area contributed by atoms with Gasteiger partial charge in [-0.3, -0.25) is 0 Å². The molecule has 0 radical (unpaired) electrons. The van der Waals surface area contributed by atoms with Crippen molar-refractivity contribution in [3.8, 4) is 0 Å². The van der Waals surface area contributed by atoms with Gasteiger partial charge in [-0.25, -0.2) is 4.79 Å². The quantitative estimate of drug-likeness (QED) is 0.822. The first-order valence-corrected chi connectivity index (χ1v) is 8.09. The fourth-order valence-corrected chi connectivity index (χ4v) is 3.16. The molecule has 1 fully saturated rings. The molecule has 21 heavy (non-hydrogen) atoms. The van der Waals surface area contributed by atoms with Crippen molar-refractivity contribution in [3.63, 3.8) is 0 Å². The molecule has 2 N–H and O–H groups in total. The number of hydrogen-bond donors (Lipinski definition) is 2. The molecule has 1 saturated heterocycles. The van der Waals surface area contributed by atoms with Crippen LogP contribution in [0.15, 0.2) is 30.3 Å². The number of rotatable bonds is 6. The summed E-state index contributed by atoms with van der Waals surface area (Å²) in [6, 6.07) is 8.57. The number of amides is 1. The molecule has 0 saturated carbocycles. The van der Waals surface area contributed by atoms with Crippen LogP contribution >= 0.6 is 0 Å². The third-order valence-corrected chi connectivity index (χ3v) is 4.59. The van der Waals surface area contributed by atoms with E-state index in [2.05, 4.69) is 4.72 Å². The summed E-state index contributed by atoms with van der Waals surface area (Å²) >= 11 is 0. The summed E-state index contributed by atoms with van der Waals surface area (Å²) in [7, 11) is -4.10. The van der Waals surface area contributed by atoms with E-state index >= 15 is 0 Å². The minimum Gasteiger partial charge on any atom is -0.464 e. The normalized spacial score (nSPS) is 18.6. The van der Waals surface area contributed by atoms with Gasteiger partial charge in [0.15, 0.2) is 0 Å². The molecule has 0 bridgehead atoms. The van der Waals surface area contributed by atoms with Crippen molar-refractivity contribution in [1.29, 1.82) is 0 Å². The zero-order valence-electron chi connectivity index (χ0n) is 11.4. The second-order valence-electron chi connectivity index (χ2n) is 4.76. The summed E-state index contributed by atoms with van der Waals surface area (Å²) in [6.07, 6.45) is -0.0429. The highest BCUT2D eigenvalue weighted by molar-refractivity contribution is 7.87. The number of nitrogens with one attached hydrogen (secondary N) is 1. The summed E-state index contributed by atoms with van der Waals surface area (Å²) in [5, 5.41) is 9.14. The Balaban J connectivity index is 2.03. The third-order valence-electron chi connectivity index (χ3n) is 3.19. The standard InChI is InChI=1S/C13H18N2O5S/c16-13(17)15(10-11-5-2-1-3-6-11)21(18,19)14-9-12-7-4-8-20-12/h1-3,5-6,12,14H,4,7-10H2,(H,16,17). The van der Waals surface area contributed by atoms with E-state index in [4.69, 9.17) is 9.84 Å². The third kappa shape index (κ3) is 4.42. The van der Waals surface area contributed by atoms with Gasteiger partial charge in [-0.1, -0.05) is 30.3 Å². The number of nitrogens with zero attached hydrogens (tertiary/aromatic N) is 1. The topological polar surface area (TPSA) is 95.9 Å². The average molecular weight is 314 g/mol. The maximum Gasteiger partial charge on any atom is 0.422 e. The molecule has 1 amide bonds. The Morgan fingerprint density at radius 2 is 2.10 bits per heavy atom. The summed E-state index contributed by atoms with van der Waals surface area (Å²) in [6.45, 7) is 0.469. The lowest BCUT2D eigenvalue weighted by atomic mass is 10.2. The van der Waals surface area contributed by atoms with E-state index in [1.54, 1.807) is 30.3 Å². The van der Waals surface area contributed by atoms with Crippen molar-refractivity contribution in [3.05, 3.63) is 35.9 Å². The Labute approximate surface area is 123 Å². The number of ether oxygens (including phenoxy) is 1. The van der Waals surface area contributed by atoms with Crippen LogP contribution in [-0.4, -0.2) is 43.2 Å².